The van der Waals surface area contributed by atoms with Crippen molar-refractivity contribution >= 4 is 11.4 Å². The molecule has 25 heavy (non-hydrogen) atoms. The molecular formula is C23H24O2. The van der Waals surface area contributed by atoms with Gasteiger partial charge in [0.05, 0.1) is 0 Å². The van der Waals surface area contributed by atoms with Gasteiger partial charge in [0.25, 0.3) is 0 Å². The molecule has 2 heteroatoms. The molecule has 0 spiro atoms. The molecular weight excluding hydrogens is 308 g/mol. The molecule has 0 fully saturated rings. The highest BCUT2D eigenvalue weighted by molar-refractivity contribution is 6.02. The first-order valence-electron chi connectivity index (χ1n) is 8.59. The Labute approximate surface area is 149 Å². The highest BCUT2D eigenvalue weighted by Crippen LogP contribution is 2.39. The van der Waals surface area contributed by atoms with E-state index >= 15 is 0 Å². The summed E-state index contributed by atoms with van der Waals surface area (Å²) < 4.78 is 6.13. The first-order chi connectivity index (χ1) is 11.8. The van der Waals surface area contributed by atoms with Crippen LogP contribution in [0.5, 0.6) is 0 Å². The van der Waals surface area contributed by atoms with E-state index in [1.54, 1.807) is 6.08 Å². The number of hydrogen-bond donors (Lipinski definition) is 0. The van der Waals surface area contributed by atoms with Gasteiger partial charge in [-0.25, -0.2) is 0 Å². The van der Waals surface area contributed by atoms with Gasteiger partial charge in [0, 0.05) is 11.5 Å². The summed E-state index contributed by atoms with van der Waals surface area (Å²) >= 11 is 0. The number of ether oxygens (including phenoxy) is 1. The second-order valence-electron chi connectivity index (χ2n) is 7.62. The van der Waals surface area contributed by atoms with Gasteiger partial charge in [0.15, 0.2) is 5.60 Å². The first-order valence-corrected chi connectivity index (χ1v) is 8.59. The maximum atomic E-state index is 12.7. The van der Waals surface area contributed by atoms with Gasteiger partial charge in [-0.2, -0.15) is 0 Å². The van der Waals surface area contributed by atoms with Crippen LogP contribution >= 0.6 is 0 Å². The van der Waals surface area contributed by atoms with Gasteiger partial charge >= 0.3 is 0 Å². The average molecular weight is 332 g/mol. The van der Waals surface area contributed by atoms with Crippen molar-refractivity contribution in [3.8, 4) is 0 Å². The molecule has 1 atom stereocenters. The third-order valence-electron chi connectivity index (χ3n) is 4.40. The molecule has 2 aromatic rings. The van der Waals surface area contributed by atoms with Crippen LogP contribution in [0, 0.1) is 5.41 Å². The van der Waals surface area contributed by atoms with Crippen LogP contribution in [0.25, 0.3) is 5.57 Å². The summed E-state index contributed by atoms with van der Waals surface area (Å²) in [5.41, 5.74) is 1.96. The minimum Gasteiger partial charge on any atom is -0.479 e. The van der Waals surface area contributed by atoms with Crippen molar-refractivity contribution in [1.82, 2.24) is 0 Å². The highest BCUT2D eigenvalue weighted by Gasteiger charge is 2.41. The van der Waals surface area contributed by atoms with Gasteiger partial charge in [-0.1, -0.05) is 81.4 Å². The van der Waals surface area contributed by atoms with Crippen LogP contribution in [0.3, 0.4) is 0 Å². The van der Waals surface area contributed by atoms with E-state index in [0.717, 1.165) is 22.5 Å². The first kappa shape index (κ1) is 17.2. The maximum Gasteiger partial charge on any atom is 0.206 e. The van der Waals surface area contributed by atoms with Crippen LogP contribution in [0.2, 0.25) is 0 Å². The lowest BCUT2D eigenvalue weighted by molar-refractivity contribution is -0.125. The summed E-state index contributed by atoms with van der Waals surface area (Å²) in [6.07, 6.45) is 3.60. The number of hydrogen-bond acceptors (Lipinski definition) is 2. The summed E-state index contributed by atoms with van der Waals surface area (Å²) in [5, 5.41) is 0. The Bertz CT molecular complexity index is 782. The zero-order valence-corrected chi connectivity index (χ0v) is 15.2. The Kier molecular flexibility index (Phi) is 4.38. The smallest absolute Gasteiger partial charge is 0.206 e. The molecule has 0 aliphatic carbocycles. The fourth-order valence-electron chi connectivity index (χ4n) is 2.88. The Hall–Kier alpha value is -2.61. The molecule has 2 aromatic carbocycles. The van der Waals surface area contributed by atoms with Crippen molar-refractivity contribution in [3.05, 3.63) is 89.7 Å². The number of carbonyl (C=O) groups excluding carboxylic acids is 1. The largest absolute Gasteiger partial charge is 0.479 e. The van der Waals surface area contributed by atoms with Gasteiger partial charge in [-0.15, -0.1) is 0 Å². The maximum absolute atomic E-state index is 12.7. The van der Waals surface area contributed by atoms with E-state index in [-0.39, 0.29) is 11.2 Å². The van der Waals surface area contributed by atoms with Crippen LogP contribution in [-0.4, -0.2) is 11.4 Å². The molecule has 0 saturated heterocycles. The van der Waals surface area contributed by atoms with E-state index in [0.29, 0.717) is 0 Å². The molecule has 3 rings (SSSR count). The van der Waals surface area contributed by atoms with E-state index in [1.165, 1.54) is 0 Å². The van der Waals surface area contributed by atoms with Crippen LogP contribution < -0.4 is 0 Å². The molecule has 1 heterocycles. The Morgan fingerprint density at radius 3 is 1.80 bits per heavy atom. The van der Waals surface area contributed by atoms with Crippen LogP contribution in [0.1, 0.15) is 38.8 Å². The fraction of sp³-hybridized carbons (Fsp3) is 0.261. The van der Waals surface area contributed by atoms with Crippen molar-refractivity contribution in [3.63, 3.8) is 0 Å². The molecule has 0 amide bonds. The summed E-state index contributed by atoms with van der Waals surface area (Å²) in [5.74, 6) is 0.721. The number of benzene rings is 2. The van der Waals surface area contributed by atoms with E-state index in [1.807, 2.05) is 49.4 Å². The van der Waals surface area contributed by atoms with E-state index < -0.39 is 5.60 Å². The third kappa shape index (κ3) is 3.58. The zero-order valence-electron chi connectivity index (χ0n) is 15.2. The van der Waals surface area contributed by atoms with Crippen molar-refractivity contribution < 1.29 is 9.53 Å². The predicted molar refractivity (Wildman–Crippen MR) is 102 cm³/mol. The van der Waals surface area contributed by atoms with Crippen LogP contribution in [0.4, 0.5) is 0 Å². The SMILES string of the molecule is CC(C)(C)C1=CC(=O)C(C)(C=C(c2ccccc2)c2ccccc2)O1. The summed E-state index contributed by atoms with van der Waals surface area (Å²) in [7, 11) is 0. The van der Waals surface area contributed by atoms with Crippen molar-refractivity contribution in [2.75, 3.05) is 0 Å². The van der Waals surface area contributed by atoms with Crippen LogP contribution in [0.15, 0.2) is 78.6 Å². The van der Waals surface area contributed by atoms with Crippen LogP contribution in [-0.2, 0) is 9.53 Å². The Morgan fingerprint density at radius 1 is 0.920 bits per heavy atom. The van der Waals surface area contributed by atoms with Crippen molar-refractivity contribution in [2.45, 2.75) is 33.3 Å². The third-order valence-corrected chi connectivity index (χ3v) is 4.40. The highest BCUT2D eigenvalue weighted by atomic mass is 16.5. The number of carbonyl (C=O) groups is 1. The molecule has 0 saturated carbocycles. The molecule has 0 aromatic heterocycles. The standard InChI is InChI=1S/C23H24O2/c1-22(2,3)21-15-20(24)23(4,25-21)16-19(17-11-7-5-8-12-17)18-13-9-6-10-14-18/h5-16H,1-4H3. The molecule has 1 aliphatic heterocycles. The summed E-state index contributed by atoms with van der Waals surface area (Å²) in [6.45, 7) is 8.00. The summed E-state index contributed by atoms with van der Waals surface area (Å²) in [6, 6.07) is 20.2. The second kappa shape index (κ2) is 6.36. The molecule has 1 aliphatic rings. The molecule has 128 valence electrons. The molecule has 0 radical (unpaired) electrons. The zero-order chi connectivity index (χ0) is 18.1. The minimum atomic E-state index is -0.983. The lowest BCUT2D eigenvalue weighted by Crippen LogP contribution is -2.31. The summed E-state index contributed by atoms with van der Waals surface area (Å²) in [4.78, 5) is 12.7. The minimum absolute atomic E-state index is 0.0122. The van der Waals surface area contributed by atoms with Crippen molar-refractivity contribution in [2.24, 2.45) is 5.41 Å². The lowest BCUT2D eigenvalue weighted by Gasteiger charge is -2.27. The Balaban J connectivity index is 2.07. The number of rotatable bonds is 3. The topological polar surface area (TPSA) is 26.3 Å². The molecule has 1 unspecified atom stereocenters. The quantitative estimate of drug-likeness (QED) is 0.751. The second-order valence-corrected chi connectivity index (χ2v) is 7.62. The molecule has 0 bridgehead atoms. The van der Waals surface area contributed by atoms with Gasteiger partial charge < -0.3 is 4.74 Å². The van der Waals surface area contributed by atoms with Gasteiger partial charge in [0.2, 0.25) is 5.78 Å². The molecule has 0 N–H and O–H groups in total. The normalized spacial score (nSPS) is 20.0. The van der Waals surface area contributed by atoms with Gasteiger partial charge in [-0.3, -0.25) is 4.79 Å². The number of ketones is 1. The number of allylic oxidation sites excluding steroid dienone is 1. The molecule has 2 nitrogen and oxygen atoms in total. The Morgan fingerprint density at radius 2 is 1.40 bits per heavy atom. The average Bonchev–Trinajstić information content (AvgIpc) is 2.90. The predicted octanol–water partition coefficient (Wildman–Crippen LogP) is 5.41. The monoisotopic (exact) mass is 332 g/mol. The van der Waals surface area contributed by atoms with Gasteiger partial charge in [0.1, 0.15) is 5.76 Å². The van der Waals surface area contributed by atoms with Gasteiger partial charge in [-0.05, 0) is 29.7 Å². The van der Waals surface area contributed by atoms with Crippen molar-refractivity contribution in [1.29, 1.82) is 0 Å². The van der Waals surface area contributed by atoms with E-state index in [9.17, 15) is 4.79 Å². The van der Waals surface area contributed by atoms with E-state index in [4.69, 9.17) is 4.74 Å². The fourth-order valence-corrected chi connectivity index (χ4v) is 2.88. The van der Waals surface area contributed by atoms with E-state index in [2.05, 4.69) is 45.0 Å². The lowest BCUT2D eigenvalue weighted by atomic mass is 9.90.